The molecule has 0 aromatic carbocycles. The van der Waals surface area contributed by atoms with Crippen molar-refractivity contribution in [3.05, 3.63) is 28.6 Å². The Labute approximate surface area is 110 Å². The number of pyridine rings is 1. The van der Waals surface area contributed by atoms with Gasteiger partial charge in [-0.05, 0) is 44.9 Å². The molecule has 1 heterocycles. The van der Waals surface area contributed by atoms with Crippen molar-refractivity contribution in [3.8, 4) is 0 Å². The summed E-state index contributed by atoms with van der Waals surface area (Å²) in [4.78, 5) is 4.26. The van der Waals surface area contributed by atoms with E-state index in [1.165, 1.54) is 0 Å². The van der Waals surface area contributed by atoms with Crippen molar-refractivity contribution in [2.24, 2.45) is 0 Å². The van der Waals surface area contributed by atoms with Crippen LogP contribution in [0.15, 0.2) is 6.07 Å². The van der Waals surface area contributed by atoms with E-state index in [1.807, 2.05) is 19.9 Å². The van der Waals surface area contributed by atoms with Gasteiger partial charge in [0.2, 0.25) is 0 Å². The lowest BCUT2D eigenvalue weighted by Crippen LogP contribution is -2.40. The molecule has 0 radical (unpaired) electrons. The third-order valence-corrected chi connectivity index (χ3v) is 2.98. The Morgan fingerprint density at radius 2 is 1.84 bits per heavy atom. The van der Waals surface area contributed by atoms with Gasteiger partial charge >= 0.3 is 12.3 Å². The first-order chi connectivity index (χ1) is 8.65. The van der Waals surface area contributed by atoms with Gasteiger partial charge < -0.3 is 5.32 Å². The molecule has 0 amide bonds. The molecule has 0 aliphatic rings. The van der Waals surface area contributed by atoms with Crippen LogP contribution < -0.4 is 5.32 Å². The quantitative estimate of drug-likeness (QED) is 0.833. The first-order valence-electron chi connectivity index (χ1n) is 5.99. The Morgan fingerprint density at radius 1 is 1.26 bits per heavy atom. The van der Waals surface area contributed by atoms with E-state index in [1.54, 1.807) is 13.8 Å². The SMILES string of the molecule is Cc1cc(C)c(C(C)NCC(F)(F)C(F)F)c(C)n1. The molecule has 1 aromatic heterocycles. The molecule has 108 valence electrons. The van der Waals surface area contributed by atoms with Crippen LogP contribution in [0, 0.1) is 20.8 Å². The van der Waals surface area contributed by atoms with E-state index in [2.05, 4.69) is 10.3 Å². The molecule has 2 nitrogen and oxygen atoms in total. The molecular formula is C13H18F4N2. The molecule has 0 spiro atoms. The topological polar surface area (TPSA) is 24.9 Å². The zero-order valence-electron chi connectivity index (χ0n) is 11.4. The van der Waals surface area contributed by atoms with Crippen molar-refractivity contribution in [3.63, 3.8) is 0 Å². The minimum Gasteiger partial charge on any atom is -0.304 e. The summed E-state index contributed by atoms with van der Waals surface area (Å²) in [7, 11) is 0. The summed E-state index contributed by atoms with van der Waals surface area (Å²) >= 11 is 0. The highest BCUT2D eigenvalue weighted by Gasteiger charge is 2.40. The fourth-order valence-corrected chi connectivity index (χ4v) is 2.16. The molecule has 1 unspecified atom stereocenters. The number of hydrogen-bond acceptors (Lipinski definition) is 2. The molecule has 0 saturated heterocycles. The maximum atomic E-state index is 12.9. The van der Waals surface area contributed by atoms with Crippen LogP contribution in [0.2, 0.25) is 0 Å². The van der Waals surface area contributed by atoms with Crippen LogP contribution in [-0.4, -0.2) is 23.9 Å². The maximum absolute atomic E-state index is 12.9. The molecule has 0 aliphatic carbocycles. The van der Waals surface area contributed by atoms with Gasteiger partial charge in [0.05, 0.1) is 6.54 Å². The summed E-state index contributed by atoms with van der Waals surface area (Å²) in [6, 6.07) is 1.38. The van der Waals surface area contributed by atoms with Crippen LogP contribution in [0.1, 0.15) is 35.5 Å². The van der Waals surface area contributed by atoms with Gasteiger partial charge in [-0.1, -0.05) is 0 Å². The van der Waals surface area contributed by atoms with E-state index in [0.717, 1.165) is 22.5 Å². The minimum atomic E-state index is -4.02. The zero-order chi connectivity index (χ0) is 14.8. The predicted octanol–water partition coefficient (Wildman–Crippen LogP) is 3.56. The molecule has 0 saturated carbocycles. The lowest BCUT2D eigenvalue weighted by atomic mass is 10.0. The van der Waals surface area contributed by atoms with Gasteiger partial charge in [-0.15, -0.1) is 0 Å². The standard InChI is InChI=1S/C13H18F4N2/c1-7-5-8(2)19-10(4)11(7)9(3)18-6-13(16,17)12(14)15/h5,9,12,18H,6H2,1-4H3. The van der Waals surface area contributed by atoms with Gasteiger partial charge in [-0.25, -0.2) is 8.78 Å². The van der Waals surface area contributed by atoms with Crippen LogP contribution in [0.25, 0.3) is 0 Å². The van der Waals surface area contributed by atoms with E-state index in [9.17, 15) is 17.6 Å². The number of nitrogens with one attached hydrogen (secondary N) is 1. The number of alkyl halides is 4. The van der Waals surface area contributed by atoms with Crippen molar-refractivity contribution < 1.29 is 17.6 Å². The normalized spacial score (nSPS) is 13.9. The Kier molecular flexibility index (Phi) is 4.90. The van der Waals surface area contributed by atoms with Crippen molar-refractivity contribution in [2.75, 3.05) is 6.54 Å². The Balaban J connectivity index is 2.82. The fraction of sp³-hybridized carbons (Fsp3) is 0.615. The largest absolute Gasteiger partial charge is 0.319 e. The van der Waals surface area contributed by atoms with Crippen molar-refractivity contribution >= 4 is 0 Å². The molecule has 1 rings (SSSR count). The van der Waals surface area contributed by atoms with Crippen LogP contribution in [0.3, 0.4) is 0 Å². The third kappa shape index (κ3) is 3.89. The van der Waals surface area contributed by atoms with Crippen LogP contribution in [-0.2, 0) is 0 Å². The number of aryl methyl sites for hydroxylation is 3. The zero-order valence-corrected chi connectivity index (χ0v) is 11.4. The van der Waals surface area contributed by atoms with Gasteiger partial charge in [0.1, 0.15) is 0 Å². The van der Waals surface area contributed by atoms with Gasteiger partial charge in [0.25, 0.3) is 0 Å². The third-order valence-electron chi connectivity index (χ3n) is 2.98. The lowest BCUT2D eigenvalue weighted by molar-refractivity contribution is -0.126. The molecule has 0 aliphatic heterocycles. The second kappa shape index (κ2) is 5.86. The monoisotopic (exact) mass is 278 g/mol. The van der Waals surface area contributed by atoms with E-state index in [4.69, 9.17) is 0 Å². The highest BCUT2D eigenvalue weighted by Crippen LogP contribution is 2.25. The summed E-state index contributed by atoms with van der Waals surface area (Å²) in [5.41, 5.74) is 3.24. The molecule has 1 N–H and O–H groups in total. The average molecular weight is 278 g/mol. The van der Waals surface area contributed by atoms with E-state index >= 15 is 0 Å². The van der Waals surface area contributed by atoms with Crippen molar-refractivity contribution in [2.45, 2.75) is 46.1 Å². The average Bonchev–Trinajstić information content (AvgIpc) is 2.24. The first-order valence-corrected chi connectivity index (χ1v) is 5.99. The first kappa shape index (κ1) is 15.9. The fourth-order valence-electron chi connectivity index (χ4n) is 2.16. The smallest absolute Gasteiger partial charge is 0.304 e. The Bertz CT molecular complexity index is 423. The Morgan fingerprint density at radius 3 is 2.32 bits per heavy atom. The maximum Gasteiger partial charge on any atom is 0.319 e. The van der Waals surface area contributed by atoms with Gasteiger partial charge in [0, 0.05) is 17.4 Å². The van der Waals surface area contributed by atoms with Crippen molar-refractivity contribution in [1.82, 2.24) is 10.3 Å². The summed E-state index contributed by atoms with van der Waals surface area (Å²) in [6.45, 7) is 6.07. The summed E-state index contributed by atoms with van der Waals surface area (Å²) < 4.78 is 49.9. The van der Waals surface area contributed by atoms with Gasteiger partial charge in [-0.2, -0.15) is 8.78 Å². The summed E-state index contributed by atoms with van der Waals surface area (Å²) in [5, 5.41) is 2.45. The molecule has 1 aromatic rings. The summed E-state index contributed by atoms with van der Waals surface area (Å²) in [5.74, 6) is -4.02. The van der Waals surface area contributed by atoms with Crippen LogP contribution in [0.4, 0.5) is 17.6 Å². The van der Waals surface area contributed by atoms with Crippen LogP contribution >= 0.6 is 0 Å². The molecule has 1 atom stereocenters. The van der Waals surface area contributed by atoms with Crippen LogP contribution in [0.5, 0.6) is 0 Å². The highest BCUT2D eigenvalue weighted by molar-refractivity contribution is 5.33. The number of nitrogens with zero attached hydrogens (tertiary/aromatic N) is 1. The van der Waals surface area contributed by atoms with E-state index in [0.29, 0.717) is 0 Å². The summed E-state index contributed by atoms with van der Waals surface area (Å²) in [6.07, 6.45) is -3.66. The minimum absolute atomic E-state index is 0.460. The molecule has 6 heteroatoms. The molecule has 0 bridgehead atoms. The number of halogens is 4. The molecular weight excluding hydrogens is 260 g/mol. The van der Waals surface area contributed by atoms with E-state index in [-0.39, 0.29) is 0 Å². The Hall–Kier alpha value is -1.17. The number of rotatable bonds is 5. The number of hydrogen-bond donors (Lipinski definition) is 1. The molecule has 19 heavy (non-hydrogen) atoms. The van der Waals surface area contributed by atoms with Gasteiger partial charge in [-0.3, -0.25) is 4.98 Å². The van der Waals surface area contributed by atoms with Crippen molar-refractivity contribution in [1.29, 1.82) is 0 Å². The number of aromatic nitrogens is 1. The highest BCUT2D eigenvalue weighted by atomic mass is 19.3. The lowest BCUT2D eigenvalue weighted by Gasteiger charge is -2.22. The second-order valence-electron chi connectivity index (χ2n) is 4.74. The van der Waals surface area contributed by atoms with Gasteiger partial charge in [0.15, 0.2) is 0 Å². The van der Waals surface area contributed by atoms with E-state index < -0.39 is 24.9 Å². The predicted molar refractivity (Wildman–Crippen MR) is 65.8 cm³/mol. The molecule has 0 fully saturated rings. The second-order valence-corrected chi connectivity index (χ2v) is 4.74.